The van der Waals surface area contributed by atoms with Crippen LogP contribution in [0.15, 0.2) is 12.1 Å². The van der Waals surface area contributed by atoms with Crippen LogP contribution in [0.25, 0.3) is 0 Å². The number of hydrogen-bond donors (Lipinski definition) is 1. The van der Waals surface area contributed by atoms with Gasteiger partial charge in [0, 0.05) is 11.6 Å². The molecule has 0 saturated heterocycles. The minimum absolute atomic E-state index is 0.0243. The average Bonchev–Trinajstić information content (AvgIpc) is 2.27. The molecule has 0 spiro atoms. The molecule has 0 aliphatic heterocycles. The first-order valence-electron chi connectivity index (χ1n) is 4.19. The molecular formula is C10H11FO4. The van der Waals surface area contributed by atoms with E-state index in [-0.39, 0.29) is 16.9 Å². The van der Waals surface area contributed by atoms with E-state index in [4.69, 9.17) is 9.84 Å². The highest BCUT2D eigenvalue weighted by atomic mass is 19.1. The lowest BCUT2D eigenvalue weighted by Gasteiger charge is -2.09. The van der Waals surface area contributed by atoms with Gasteiger partial charge < -0.3 is 14.6 Å². The van der Waals surface area contributed by atoms with E-state index in [1.54, 1.807) is 0 Å². The Labute approximate surface area is 86.2 Å². The molecule has 1 aromatic rings. The molecule has 4 nitrogen and oxygen atoms in total. The van der Waals surface area contributed by atoms with Crippen LogP contribution in [0.2, 0.25) is 0 Å². The predicted octanol–water partition coefficient (Wildman–Crippen LogP) is 1.11. The van der Waals surface area contributed by atoms with Crippen LogP contribution in [0.1, 0.15) is 15.9 Å². The monoisotopic (exact) mass is 214 g/mol. The van der Waals surface area contributed by atoms with Crippen LogP contribution < -0.4 is 4.74 Å². The summed E-state index contributed by atoms with van der Waals surface area (Å²) in [4.78, 5) is 11.3. The number of aliphatic hydroxyl groups excluding tert-OH is 1. The van der Waals surface area contributed by atoms with Crippen molar-refractivity contribution in [2.75, 3.05) is 14.2 Å². The van der Waals surface area contributed by atoms with Crippen molar-refractivity contribution < 1.29 is 23.8 Å². The van der Waals surface area contributed by atoms with Crippen molar-refractivity contribution in [3.8, 4) is 5.75 Å². The van der Waals surface area contributed by atoms with Crippen molar-refractivity contribution in [1.29, 1.82) is 0 Å². The van der Waals surface area contributed by atoms with E-state index in [0.717, 1.165) is 6.07 Å². The van der Waals surface area contributed by atoms with Gasteiger partial charge in [-0.3, -0.25) is 0 Å². The molecule has 15 heavy (non-hydrogen) atoms. The fourth-order valence-electron chi connectivity index (χ4n) is 1.16. The van der Waals surface area contributed by atoms with Crippen LogP contribution in [0.4, 0.5) is 4.39 Å². The summed E-state index contributed by atoms with van der Waals surface area (Å²) in [6, 6.07) is 2.25. The van der Waals surface area contributed by atoms with E-state index in [1.807, 2.05) is 0 Å². The van der Waals surface area contributed by atoms with Gasteiger partial charge in [-0.2, -0.15) is 0 Å². The maximum atomic E-state index is 13.2. The van der Waals surface area contributed by atoms with Gasteiger partial charge in [-0.1, -0.05) is 0 Å². The summed E-state index contributed by atoms with van der Waals surface area (Å²) in [5.41, 5.74) is 0.113. The number of aliphatic hydroxyl groups is 1. The second-order valence-corrected chi connectivity index (χ2v) is 2.79. The van der Waals surface area contributed by atoms with Crippen molar-refractivity contribution in [2.24, 2.45) is 0 Å². The maximum absolute atomic E-state index is 13.2. The summed E-state index contributed by atoms with van der Waals surface area (Å²) in [6.45, 7) is -0.486. The Bertz CT molecular complexity index is 376. The van der Waals surface area contributed by atoms with Gasteiger partial charge in [0.2, 0.25) is 0 Å². The third-order valence-electron chi connectivity index (χ3n) is 1.94. The molecule has 0 aliphatic carbocycles. The third kappa shape index (κ3) is 2.24. The van der Waals surface area contributed by atoms with E-state index in [1.165, 1.54) is 20.3 Å². The molecule has 1 rings (SSSR count). The standard InChI is InChI=1S/C10H11FO4/c1-14-9-4-8(11)6(5-12)3-7(9)10(13)15-2/h3-4,12H,5H2,1-2H3. The Morgan fingerprint density at radius 2 is 2.13 bits per heavy atom. The molecule has 1 N–H and O–H groups in total. The summed E-state index contributed by atoms with van der Waals surface area (Å²) >= 11 is 0. The lowest BCUT2D eigenvalue weighted by atomic mass is 10.1. The first kappa shape index (κ1) is 11.5. The number of benzene rings is 1. The first-order valence-corrected chi connectivity index (χ1v) is 4.19. The van der Waals surface area contributed by atoms with Gasteiger partial charge in [-0.25, -0.2) is 9.18 Å². The Balaban J connectivity index is 3.28. The highest BCUT2D eigenvalue weighted by molar-refractivity contribution is 5.92. The van der Waals surface area contributed by atoms with E-state index in [2.05, 4.69) is 4.74 Å². The third-order valence-corrected chi connectivity index (χ3v) is 1.94. The normalized spacial score (nSPS) is 9.87. The van der Waals surface area contributed by atoms with Gasteiger partial charge in [0.25, 0.3) is 0 Å². The zero-order valence-electron chi connectivity index (χ0n) is 8.41. The van der Waals surface area contributed by atoms with Gasteiger partial charge in [-0.05, 0) is 6.07 Å². The Hall–Kier alpha value is -1.62. The fourth-order valence-corrected chi connectivity index (χ4v) is 1.16. The van der Waals surface area contributed by atoms with Crippen LogP contribution in [0.3, 0.4) is 0 Å². The Morgan fingerprint density at radius 3 is 2.60 bits per heavy atom. The Kier molecular flexibility index (Phi) is 3.62. The lowest BCUT2D eigenvalue weighted by Crippen LogP contribution is -2.06. The van der Waals surface area contributed by atoms with E-state index in [0.29, 0.717) is 0 Å². The minimum atomic E-state index is -0.637. The highest BCUT2D eigenvalue weighted by Crippen LogP contribution is 2.23. The molecular weight excluding hydrogens is 203 g/mol. The zero-order chi connectivity index (χ0) is 11.4. The average molecular weight is 214 g/mol. The summed E-state index contributed by atoms with van der Waals surface area (Å²) in [5, 5.41) is 8.83. The molecule has 1 aromatic carbocycles. The summed E-state index contributed by atoms with van der Waals surface area (Å²) in [5.74, 6) is -1.18. The SMILES string of the molecule is COC(=O)c1cc(CO)c(F)cc1OC. The van der Waals surface area contributed by atoms with Crippen molar-refractivity contribution in [2.45, 2.75) is 6.61 Å². The smallest absolute Gasteiger partial charge is 0.341 e. The quantitative estimate of drug-likeness (QED) is 0.766. The molecule has 0 saturated carbocycles. The molecule has 0 amide bonds. The molecule has 0 aliphatic rings. The van der Waals surface area contributed by atoms with Gasteiger partial charge in [0.1, 0.15) is 17.1 Å². The minimum Gasteiger partial charge on any atom is -0.496 e. The van der Waals surface area contributed by atoms with Gasteiger partial charge in [0.15, 0.2) is 0 Å². The van der Waals surface area contributed by atoms with Crippen molar-refractivity contribution in [3.63, 3.8) is 0 Å². The molecule has 0 radical (unpaired) electrons. The van der Waals surface area contributed by atoms with E-state index in [9.17, 15) is 9.18 Å². The summed E-state index contributed by atoms with van der Waals surface area (Å²) < 4.78 is 22.5. The molecule has 0 heterocycles. The van der Waals surface area contributed by atoms with Gasteiger partial charge in [-0.15, -0.1) is 0 Å². The molecule has 0 unspecified atom stereocenters. The number of rotatable bonds is 3. The number of methoxy groups -OCH3 is 2. The number of ether oxygens (including phenoxy) is 2. The summed E-state index contributed by atoms with van der Waals surface area (Å²) in [7, 11) is 2.53. The fraction of sp³-hybridized carbons (Fsp3) is 0.300. The zero-order valence-corrected chi connectivity index (χ0v) is 8.41. The molecule has 0 bridgehead atoms. The topological polar surface area (TPSA) is 55.8 Å². The Morgan fingerprint density at radius 1 is 1.47 bits per heavy atom. The van der Waals surface area contributed by atoms with Crippen LogP contribution >= 0.6 is 0 Å². The molecule has 82 valence electrons. The molecule has 5 heteroatoms. The second kappa shape index (κ2) is 4.75. The van der Waals surface area contributed by atoms with Crippen LogP contribution in [0.5, 0.6) is 5.75 Å². The van der Waals surface area contributed by atoms with Gasteiger partial charge >= 0.3 is 5.97 Å². The predicted molar refractivity (Wildman–Crippen MR) is 50.2 cm³/mol. The van der Waals surface area contributed by atoms with Crippen LogP contribution in [0, 0.1) is 5.82 Å². The van der Waals surface area contributed by atoms with Crippen molar-refractivity contribution in [1.82, 2.24) is 0 Å². The summed E-state index contributed by atoms with van der Waals surface area (Å²) in [6.07, 6.45) is 0. The largest absolute Gasteiger partial charge is 0.496 e. The van der Waals surface area contributed by atoms with E-state index < -0.39 is 18.4 Å². The van der Waals surface area contributed by atoms with Crippen molar-refractivity contribution >= 4 is 5.97 Å². The number of carbonyl (C=O) groups is 1. The maximum Gasteiger partial charge on any atom is 0.341 e. The molecule has 0 fully saturated rings. The van der Waals surface area contributed by atoms with Crippen LogP contribution in [-0.2, 0) is 11.3 Å². The molecule has 0 atom stereocenters. The first-order chi connectivity index (χ1) is 7.13. The second-order valence-electron chi connectivity index (χ2n) is 2.79. The number of hydrogen-bond acceptors (Lipinski definition) is 4. The molecule has 0 aromatic heterocycles. The van der Waals surface area contributed by atoms with Crippen LogP contribution in [-0.4, -0.2) is 25.3 Å². The van der Waals surface area contributed by atoms with E-state index >= 15 is 0 Å². The number of halogens is 1. The highest BCUT2D eigenvalue weighted by Gasteiger charge is 2.16. The number of carbonyl (C=O) groups excluding carboxylic acids is 1. The van der Waals surface area contributed by atoms with Gasteiger partial charge in [0.05, 0.1) is 20.8 Å². The van der Waals surface area contributed by atoms with Crippen molar-refractivity contribution in [3.05, 3.63) is 29.1 Å². The number of esters is 1. The lowest BCUT2D eigenvalue weighted by molar-refractivity contribution is 0.0596.